The molecule has 10 heteroatoms. The maximum absolute atomic E-state index is 13.8. The summed E-state index contributed by atoms with van der Waals surface area (Å²) in [6.45, 7) is 2.01. The van der Waals surface area contributed by atoms with Gasteiger partial charge in [-0.3, -0.25) is 4.90 Å². The molecule has 0 atom stereocenters. The molecule has 1 N–H and O–H groups in total. The average molecular weight is 512 g/mol. The molecule has 0 aliphatic carbocycles. The van der Waals surface area contributed by atoms with E-state index in [1.54, 1.807) is 18.3 Å². The third-order valence-electron chi connectivity index (χ3n) is 6.79. The molecule has 37 heavy (non-hydrogen) atoms. The van der Waals surface area contributed by atoms with Crippen molar-refractivity contribution in [3.8, 4) is 0 Å². The minimum atomic E-state index is -1.21. The van der Waals surface area contributed by atoms with Crippen molar-refractivity contribution < 1.29 is 32.6 Å². The van der Waals surface area contributed by atoms with E-state index in [4.69, 9.17) is 14.7 Å². The summed E-state index contributed by atoms with van der Waals surface area (Å²) in [5, 5.41) is 12.7. The molecule has 5 rings (SSSR count). The van der Waals surface area contributed by atoms with Gasteiger partial charge in [0.25, 0.3) is 0 Å². The van der Waals surface area contributed by atoms with Crippen molar-refractivity contribution in [2.45, 2.75) is 31.6 Å². The van der Waals surface area contributed by atoms with Gasteiger partial charge in [-0.15, -0.1) is 0 Å². The van der Waals surface area contributed by atoms with Crippen molar-refractivity contribution in [2.24, 2.45) is 5.16 Å². The number of fused-ring (bicyclic) bond motifs is 2. The van der Waals surface area contributed by atoms with E-state index in [-0.39, 0.29) is 11.3 Å². The highest BCUT2D eigenvalue weighted by molar-refractivity contribution is 6.12. The number of nitrogens with zero attached hydrogens (tertiary/aromatic N) is 3. The monoisotopic (exact) mass is 511 g/mol. The second-order valence-corrected chi connectivity index (χ2v) is 9.16. The molecule has 2 aromatic carbocycles. The first-order valence-corrected chi connectivity index (χ1v) is 11.8. The molecule has 0 unspecified atom stereocenters. The quantitative estimate of drug-likeness (QED) is 0.288. The molecule has 7 nitrogen and oxygen atoms in total. The number of benzene rings is 2. The van der Waals surface area contributed by atoms with Crippen molar-refractivity contribution >= 4 is 11.7 Å². The molecule has 1 aromatic heterocycles. The number of likely N-dealkylation sites (tertiary alicyclic amines) is 1. The molecular formula is C27H24F3N3O4. The standard InChI is InChI=1S/C27H24F3N3O4/c28-22-6-5-19(11-23(22)29)26(32-37-16-25(34)35)18-3-1-17(2-4-18)14-33-9-7-27(8-10-33)21-13-31-24(30)12-20(21)15-36-27/h1-6,11-13H,7-10,14-16H2,(H,34,35)/b32-26-. The number of oxime groups is 1. The normalized spacial score (nSPS) is 17.1. The highest BCUT2D eigenvalue weighted by Crippen LogP contribution is 2.44. The molecule has 0 amide bonds. The van der Waals surface area contributed by atoms with E-state index < -0.39 is 35.8 Å². The SMILES string of the molecule is O=C(O)CO/N=C(/c1ccc(CN2CCC3(CC2)OCc2cc(F)ncc23)cc1)c1ccc(F)c(F)c1. The van der Waals surface area contributed by atoms with Crippen molar-refractivity contribution in [1.29, 1.82) is 0 Å². The Labute approximate surface area is 211 Å². The first kappa shape index (κ1) is 24.9. The highest BCUT2D eigenvalue weighted by atomic mass is 19.2. The third kappa shape index (κ3) is 5.35. The van der Waals surface area contributed by atoms with Crippen molar-refractivity contribution in [3.63, 3.8) is 0 Å². The van der Waals surface area contributed by atoms with Crippen LogP contribution in [0.25, 0.3) is 0 Å². The summed E-state index contributed by atoms with van der Waals surface area (Å²) in [5.74, 6) is -3.74. The summed E-state index contributed by atoms with van der Waals surface area (Å²) in [5.41, 5.74) is 3.47. The lowest BCUT2D eigenvalue weighted by Crippen LogP contribution is -2.42. The van der Waals surface area contributed by atoms with Crippen LogP contribution in [0.2, 0.25) is 0 Å². The molecule has 2 aliphatic rings. The number of carboxylic acids is 1. The fourth-order valence-corrected chi connectivity index (χ4v) is 4.87. The number of piperidine rings is 1. The maximum atomic E-state index is 13.8. The van der Waals surface area contributed by atoms with Gasteiger partial charge in [0.15, 0.2) is 11.6 Å². The Morgan fingerprint density at radius 2 is 1.78 bits per heavy atom. The summed E-state index contributed by atoms with van der Waals surface area (Å²) in [6, 6.07) is 12.1. The van der Waals surface area contributed by atoms with Gasteiger partial charge in [0.2, 0.25) is 12.6 Å². The van der Waals surface area contributed by atoms with E-state index in [9.17, 15) is 18.0 Å². The molecule has 1 saturated heterocycles. The molecule has 192 valence electrons. The summed E-state index contributed by atoms with van der Waals surface area (Å²) >= 11 is 0. The second-order valence-electron chi connectivity index (χ2n) is 9.16. The predicted octanol–water partition coefficient (Wildman–Crippen LogP) is 4.37. The van der Waals surface area contributed by atoms with Crippen molar-refractivity contribution in [2.75, 3.05) is 19.7 Å². The fraction of sp³-hybridized carbons (Fsp3) is 0.296. The average Bonchev–Trinajstić information content (AvgIpc) is 3.22. The number of carboxylic acid groups (broad SMARTS) is 1. The van der Waals surface area contributed by atoms with Gasteiger partial charge in [-0.1, -0.05) is 29.4 Å². The lowest BCUT2D eigenvalue weighted by molar-refractivity contribution is -0.142. The van der Waals surface area contributed by atoms with Gasteiger partial charge >= 0.3 is 5.97 Å². The Morgan fingerprint density at radius 1 is 1.05 bits per heavy atom. The maximum Gasteiger partial charge on any atom is 0.344 e. The number of aromatic nitrogens is 1. The van der Waals surface area contributed by atoms with Gasteiger partial charge in [-0.25, -0.2) is 18.6 Å². The summed E-state index contributed by atoms with van der Waals surface area (Å²) in [6.07, 6.45) is 3.15. The number of pyridine rings is 1. The third-order valence-corrected chi connectivity index (χ3v) is 6.79. The van der Waals surface area contributed by atoms with Crippen molar-refractivity contribution in [1.82, 2.24) is 9.88 Å². The van der Waals surface area contributed by atoms with Crippen LogP contribution in [0.5, 0.6) is 0 Å². The fourth-order valence-electron chi connectivity index (χ4n) is 4.87. The molecule has 0 radical (unpaired) electrons. The van der Waals surface area contributed by atoms with Crippen LogP contribution in [0.3, 0.4) is 0 Å². The van der Waals surface area contributed by atoms with E-state index in [0.717, 1.165) is 54.8 Å². The number of rotatable bonds is 7. The second kappa shape index (κ2) is 10.3. The zero-order chi connectivity index (χ0) is 26.0. The number of hydrogen-bond donors (Lipinski definition) is 1. The largest absolute Gasteiger partial charge is 0.479 e. The zero-order valence-corrected chi connectivity index (χ0v) is 19.8. The number of aliphatic carboxylic acids is 1. The van der Waals surface area contributed by atoms with E-state index in [2.05, 4.69) is 15.0 Å². The van der Waals surface area contributed by atoms with Crippen LogP contribution >= 0.6 is 0 Å². The highest BCUT2D eigenvalue weighted by Gasteiger charge is 2.43. The molecule has 0 saturated carbocycles. The Kier molecular flexibility index (Phi) is 6.94. The number of ether oxygens (including phenoxy) is 1. The minimum absolute atomic E-state index is 0.189. The first-order valence-electron chi connectivity index (χ1n) is 11.8. The lowest BCUT2D eigenvalue weighted by atomic mass is 9.84. The number of carbonyl (C=O) groups is 1. The van der Waals surface area contributed by atoms with Crippen LogP contribution in [0.1, 0.15) is 40.7 Å². The van der Waals surface area contributed by atoms with E-state index in [1.165, 1.54) is 12.1 Å². The molecule has 1 fully saturated rings. The van der Waals surface area contributed by atoms with E-state index in [0.29, 0.717) is 18.7 Å². The van der Waals surface area contributed by atoms with Gasteiger partial charge in [0.05, 0.1) is 12.2 Å². The Morgan fingerprint density at radius 3 is 2.49 bits per heavy atom. The van der Waals surface area contributed by atoms with Crippen LogP contribution in [0, 0.1) is 17.6 Å². The summed E-state index contributed by atoms with van der Waals surface area (Å²) < 4.78 is 46.9. The zero-order valence-electron chi connectivity index (χ0n) is 19.8. The molecule has 3 aromatic rings. The number of halogens is 3. The van der Waals surface area contributed by atoms with E-state index >= 15 is 0 Å². The van der Waals surface area contributed by atoms with Gasteiger partial charge in [0, 0.05) is 42.5 Å². The van der Waals surface area contributed by atoms with Gasteiger partial charge in [-0.2, -0.15) is 4.39 Å². The molecule has 1 spiro atoms. The Balaban J connectivity index is 1.27. The molecule has 3 heterocycles. The molecule has 2 aliphatic heterocycles. The van der Waals surface area contributed by atoms with Crippen LogP contribution < -0.4 is 0 Å². The summed E-state index contributed by atoms with van der Waals surface area (Å²) in [4.78, 5) is 21.8. The Bertz CT molecular complexity index is 1340. The van der Waals surface area contributed by atoms with E-state index in [1.807, 2.05) is 12.1 Å². The lowest BCUT2D eigenvalue weighted by Gasteiger charge is -2.39. The molecular weight excluding hydrogens is 487 g/mol. The smallest absolute Gasteiger partial charge is 0.344 e. The van der Waals surface area contributed by atoms with Gasteiger partial charge < -0.3 is 14.7 Å². The van der Waals surface area contributed by atoms with Crippen LogP contribution in [-0.2, 0) is 33.1 Å². The van der Waals surface area contributed by atoms with Crippen molar-refractivity contribution in [3.05, 3.63) is 100 Å². The van der Waals surface area contributed by atoms with Crippen LogP contribution in [0.4, 0.5) is 13.2 Å². The topological polar surface area (TPSA) is 84.2 Å². The van der Waals surface area contributed by atoms with Gasteiger partial charge in [0.1, 0.15) is 5.71 Å². The predicted molar refractivity (Wildman–Crippen MR) is 127 cm³/mol. The summed E-state index contributed by atoms with van der Waals surface area (Å²) in [7, 11) is 0. The van der Waals surface area contributed by atoms with Crippen LogP contribution in [0.15, 0.2) is 59.9 Å². The molecule has 0 bridgehead atoms. The minimum Gasteiger partial charge on any atom is -0.479 e. The van der Waals surface area contributed by atoms with Gasteiger partial charge in [-0.05, 0) is 48.2 Å². The first-order chi connectivity index (χ1) is 17.8. The number of hydrogen-bond acceptors (Lipinski definition) is 6. The van der Waals surface area contributed by atoms with Crippen LogP contribution in [-0.4, -0.2) is 46.4 Å². The Hall–Kier alpha value is -3.76.